The average Bonchev–Trinajstić information content (AvgIpc) is 2.89. The number of benzene rings is 1. The number of carbonyl (C=O) groups excluding carboxylic acids is 2. The standard InChI is InChI=1S/C18H20N2O3S/c1-11-16(18(22)23-3)12(2)19-17(11)14(21)10-20-8-9-24-15-7-5-4-6-13(15)20/h4-7,19H,8-10H2,1-3H3. The molecule has 1 N–H and O–H groups in total. The summed E-state index contributed by atoms with van der Waals surface area (Å²) in [5.74, 6) is 0.521. The van der Waals surface area contributed by atoms with Crippen molar-refractivity contribution in [3.63, 3.8) is 0 Å². The van der Waals surface area contributed by atoms with Crippen molar-refractivity contribution < 1.29 is 14.3 Å². The first-order valence-electron chi connectivity index (χ1n) is 7.80. The second-order valence-corrected chi connectivity index (χ2v) is 6.91. The number of nitrogens with zero attached hydrogens (tertiary/aromatic N) is 1. The number of hydrogen-bond donors (Lipinski definition) is 1. The van der Waals surface area contributed by atoms with Crippen LogP contribution in [0.2, 0.25) is 0 Å². The number of aryl methyl sites for hydroxylation is 1. The fraction of sp³-hybridized carbons (Fsp3) is 0.333. The molecule has 0 aliphatic carbocycles. The lowest BCUT2D eigenvalue weighted by molar-refractivity contribution is 0.0599. The van der Waals surface area contributed by atoms with Gasteiger partial charge in [-0.05, 0) is 31.5 Å². The number of carbonyl (C=O) groups is 2. The van der Waals surface area contributed by atoms with Crippen molar-refractivity contribution in [3.8, 4) is 0 Å². The highest BCUT2D eigenvalue weighted by Crippen LogP contribution is 2.34. The topological polar surface area (TPSA) is 62.4 Å². The number of ketones is 1. The van der Waals surface area contributed by atoms with E-state index < -0.39 is 5.97 Å². The average molecular weight is 344 g/mol. The summed E-state index contributed by atoms with van der Waals surface area (Å²) in [7, 11) is 1.35. The first-order chi connectivity index (χ1) is 11.5. The van der Waals surface area contributed by atoms with E-state index in [1.165, 1.54) is 12.0 Å². The maximum absolute atomic E-state index is 12.8. The van der Waals surface area contributed by atoms with Crippen molar-refractivity contribution >= 4 is 29.2 Å². The number of ether oxygens (including phenoxy) is 1. The Balaban J connectivity index is 1.86. The molecule has 6 heteroatoms. The van der Waals surface area contributed by atoms with Crippen LogP contribution in [0.25, 0.3) is 0 Å². The molecule has 0 spiro atoms. The molecule has 0 radical (unpaired) electrons. The van der Waals surface area contributed by atoms with Gasteiger partial charge in [0.1, 0.15) is 0 Å². The number of methoxy groups -OCH3 is 1. The van der Waals surface area contributed by atoms with Crippen molar-refractivity contribution in [2.75, 3.05) is 30.9 Å². The molecule has 3 rings (SSSR count). The van der Waals surface area contributed by atoms with Gasteiger partial charge in [-0.15, -0.1) is 11.8 Å². The third-order valence-electron chi connectivity index (χ3n) is 4.27. The molecule has 24 heavy (non-hydrogen) atoms. The van der Waals surface area contributed by atoms with Gasteiger partial charge in [-0.3, -0.25) is 4.79 Å². The number of anilines is 1. The van der Waals surface area contributed by atoms with Crippen LogP contribution in [0.3, 0.4) is 0 Å². The van der Waals surface area contributed by atoms with E-state index in [1.54, 1.807) is 13.8 Å². The van der Waals surface area contributed by atoms with Gasteiger partial charge in [-0.2, -0.15) is 0 Å². The van der Waals surface area contributed by atoms with Gasteiger partial charge in [-0.1, -0.05) is 12.1 Å². The summed E-state index contributed by atoms with van der Waals surface area (Å²) in [6.07, 6.45) is 0. The van der Waals surface area contributed by atoms with Crippen LogP contribution < -0.4 is 4.90 Å². The quantitative estimate of drug-likeness (QED) is 0.682. The Morgan fingerprint density at radius 2 is 2.04 bits per heavy atom. The number of H-pyrrole nitrogens is 1. The molecule has 0 fully saturated rings. The molecule has 5 nitrogen and oxygen atoms in total. The Kier molecular flexibility index (Phi) is 4.66. The molecular weight excluding hydrogens is 324 g/mol. The molecule has 0 amide bonds. The van der Waals surface area contributed by atoms with Crippen molar-refractivity contribution in [3.05, 3.63) is 46.8 Å². The highest BCUT2D eigenvalue weighted by molar-refractivity contribution is 7.99. The zero-order chi connectivity index (χ0) is 17.3. The van der Waals surface area contributed by atoms with Gasteiger partial charge in [0.2, 0.25) is 0 Å². The van der Waals surface area contributed by atoms with E-state index in [1.807, 2.05) is 30.0 Å². The lowest BCUT2D eigenvalue weighted by Crippen LogP contribution is -2.34. The predicted molar refractivity (Wildman–Crippen MR) is 95.3 cm³/mol. The van der Waals surface area contributed by atoms with Crippen LogP contribution in [0, 0.1) is 13.8 Å². The number of thioether (sulfide) groups is 1. The van der Waals surface area contributed by atoms with Gasteiger partial charge in [-0.25, -0.2) is 4.79 Å². The van der Waals surface area contributed by atoms with Crippen LogP contribution in [-0.4, -0.2) is 42.7 Å². The SMILES string of the molecule is COC(=O)c1c(C)[nH]c(C(=O)CN2CCSc3ccccc32)c1C. The zero-order valence-corrected chi connectivity index (χ0v) is 14.8. The Bertz CT molecular complexity index is 798. The normalized spacial score (nSPS) is 13.5. The molecule has 0 unspecified atom stereocenters. The van der Waals surface area contributed by atoms with E-state index in [0.717, 1.165) is 18.0 Å². The summed E-state index contributed by atoms with van der Waals surface area (Å²) in [5, 5.41) is 0. The van der Waals surface area contributed by atoms with Gasteiger partial charge >= 0.3 is 5.97 Å². The van der Waals surface area contributed by atoms with Gasteiger partial charge in [0, 0.05) is 22.9 Å². The predicted octanol–water partition coefficient (Wildman–Crippen LogP) is 3.21. The monoisotopic (exact) mass is 344 g/mol. The highest BCUT2D eigenvalue weighted by Gasteiger charge is 2.25. The van der Waals surface area contributed by atoms with Gasteiger partial charge in [0.25, 0.3) is 0 Å². The molecule has 0 bridgehead atoms. The maximum Gasteiger partial charge on any atom is 0.339 e. The summed E-state index contributed by atoms with van der Waals surface area (Å²) >= 11 is 1.81. The number of esters is 1. The third kappa shape index (κ3) is 2.94. The molecule has 1 aromatic carbocycles. The van der Waals surface area contributed by atoms with Crippen LogP contribution in [-0.2, 0) is 4.74 Å². The molecule has 2 heterocycles. The van der Waals surface area contributed by atoms with Crippen molar-refractivity contribution in [1.82, 2.24) is 4.98 Å². The second kappa shape index (κ2) is 6.73. The molecular formula is C18H20N2O3S. The molecule has 0 atom stereocenters. The minimum absolute atomic E-state index is 0.0209. The molecule has 1 aliphatic heterocycles. The lowest BCUT2D eigenvalue weighted by Gasteiger charge is -2.30. The van der Waals surface area contributed by atoms with E-state index in [2.05, 4.69) is 16.0 Å². The molecule has 126 valence electrons. The minimum atomic E-state index is -0.417. The Hall–Kier alpha value is -2.21. The molecule has 1 aliphatic rings. The largest absolute Gasteiger partial charge is 0.465 e. The molecule has 0 saturated heterocycles. The smallest absolute Gasteiger partial charge is 0.339 e. The summed E-state index contributed by atoms with van der Waals surface area (Å²) in [4.78, 5) is 31.0. The van der Waals surface area contributed by atoms with Crippen molar-refractivity contribution in [2.24, 2.45) is 0 Å². The van der Waals surface area contributed by atoms with Crippen LogP contribution in [0.5, 0.6) is 0 Å². The first kappa shape index (κ1) is 16.6. The number of nitrogens with one attached hydrogen (secondary N) is 1. The van der Waals surface area contributed by atoms with Crippen LogP contribution in [0.1, 0.15) is 32.1 Å². The number of Topliss-reactive ketones (excluding diaryl/α,β-unsaturated/α-hetero) is 1. The number of aromatic nitrogens is 1. The first-order valence-corrected chi connectivity index (χ1v) is 8.79. The summed E-state index contributed by atoms with van der Waals surface area (Å²) in [6, 6.07) is 8.12. The molecule has 0 saturated carbocycles. The highest BCUT2D eigenvalue weighted by atomic mass is 32.2. The van der Waals surface area contributed by atoms with Crippen LogP contribution in [0.15, 0.2) is 29.2 Å². The Morgan fingerprint density at radius 1 is 1.29 bits per heavy atom. The fourth-order valence-electron chi connectivity index (χ4n) is 3.08. The van der Waals surface area contributed by atoms with Crippen molar-refractivity contribution in [1.29, 1.82) is 0 Å². The van der Waals surface area contributed by atoms with Crippen LogP contribution in [0.4, 0.5) is 5.69 Å². The molecule has 2 aromatic rings. The fourth-order valence-corrected chi connectivity index (χ4v) is 4.13. The Morgan fingerprint density at radius 3 is 2.79 bits per heavy atom. The number of para-hydroxylation sites is 1. The number of fused-ring (bicyclic) bond motifs is 1. The van der Waals surface area contributed by atoms with E-state index in [0.29, 0.717) is 29.1 Å². The van der Waals surface area contributed by atoms with Crippen molar-refractivity contribution in [2.45, 2.75) is 18.7 Å². The van der Waals surface area contributed by atoms with Gasteiger partial charge in [0.05, 0.1) is 30.6 Å². The van der Waals surface area contributed by atoms with E-state index >= 15 is 0 Å². The third-order valence-corrected chi connectivity index (χ3v) is 5.31. The van der Waals surface area contributed by atoms with E-state index in [-0.39, 0.29) is 5.78 Å². The summed E-state index contributed by atoms with van der Waals surface area (Å²) in [5.41, 5.74) is 3.36. The number of hydrogen-bond acceptors (Lipinski definition) is 5. The number of aromatic amines is 1. The number of rotatable bonds is 4. The molecule has 1 aromatic heterocycles. The van der Waals surface area contributed by atoms with Gasteiger partial charge < -0.3 is 14.6 Å². The minimum Gasteiger partial charge on any atom is -0.465 e. The zero-order valence-electron chi connectivity index (χ0n) is 14.0. The summed E-state index contributed by atoms with van der Waals surface area (Å²) < 4.78 is 4.80. The van der Waals surface area contributed by atoms with Gasteiger partial charge in [0.15, 0.2) is 5.78 Å². The van der Waals surface area contributed by atoms with E-state index in [9.17, 15) is 9.59 Å². The van der Waals surface area contributed by atoms with E-state index in [4.69, 9.17) is 4.74 Å². The van der Waals surface area contributed by atoms with Crippen LogP contribution >= 0.6 is 11.8 Å². The lowest BCUT2D eigenvalue weighted by atomic mass is 10.1. The maximum atomic E-state index is 12.8. The second-order valence-electron chi connectivity index (χ2n) is 5.78. The summed E-state index contributed by atoms with van der Waals surface area (Å²) in [6.45, 7) is 4.68. The Labute approximate surface area is 145 Å².